The Morgan fingerprint density at radius 2 is 1.21 bits per heavy atom. The number of hydrogen-bond acceptors (Lipinski definition) is 19. The quantitative estimate of drug-likeness (QED) is 0.0755. The number of ether oxygens (including phenoxy) is 5. The van der Waals surface area contributed by atoms with Crippen LogP contribution in [0.5, 0.6) is 0 Å². The molecule has 14 atom stereocenters. The molecule has 39 heavy (non-hydrogen) atoms. The molecule has 19 nitrogen and oxygen atoms in total. The van der Waals surface area contributed by atoms with E-state index >= 15 is 0 Å². The van der Waals surface area contributed by atoms with Gasteiger partial charge < -0.3 is 85.0 Å². The van der Waals surface area contributed by atoms with Crippen molar-refractivity contribution in [3.8, 4) is 0 Å². The molecule has 0 saturated carbocycles. The molecule has 12 N–H and O–H groups in total. The molecule has 0 aliphatic carbocycles. The van der Waals surface area contributed by atoms with Crippen LogP contribution in [-0.2, 0) is 33.3 Å². The maximum atomic E-state index is 11.5. The van der Waals surface area contributed by atoms with E-state index in [1.54, 1.807) is 0 Å². The number of carbonyl (C=O) groups is 2. The number of hydrogen-bond donors (Lipinski definition) is 12. The highest BCUT2D eigenvalue weighted by Crippen LogP contribution is 2.26. The minimum atomic E-state index is -2.53. The topological polar surface area (TPSA) is 323 Å². The first kappa shape index (κ1) is 33.7. The van der Waals surface area contributed by atoms with E-state index in [0.717, 1.165) is 0 Å². The van der Waals surface area contributed by atoms with Gasteiger partial charge >= 0.3 is 11.9 Å². The third-order valence-electron chi connectivity index (χ3n) is 6.03. The molecule has 0 aromatic carbocycles. The van der Waals surface area contributed by atoms with Crippen LogP contribution in [0.25, 0.3) is 0 Å². The van der Waals surface area contributed by atoms with E-state index in [1.807, 2.05) is 0 Å². The molecule has 228 valence electrons. The SMILES string of the molecule is O=C(CO)OC(=O)[C@H](O)[C@@H](O)[C@H](O)[C@H](O)CO[C@H]1O[C@H](CO[C@H]2O[C@H](CO)[C@@H](O)[C@H](O)[C@H]2O)[C@@H](O)[C@H](O)[C@H]1O. The summed E-state index contributed by atoms with van der Waals surface area (Å²) in [4.78, 5) is 22.4. The van der Waals surface area contributed by atoms with Gasteiger partial charge in [0.1, 0.15) is 73.8 Å². The normalized spacial score (nSPS) is 38.5. The Kier molecular flexibility index (Phi) is 12.9. The average Bonchev–Trinajstić information content (AvgIpc) is 2.92. The molecule has 0 amide bonds. The smallest absolute Gasteiger partial charge is 0.345 e. The molecule has 0 aromatic heterocycles. The van der Waals surface area contributed by atoms with Crippen molar-refractivity contribution in [2.24, 2.45) is 0 Å². The summed E-state index contributed by atoms with van der Waals surface area (Å²) >= 11 is 0. The lowest BCUT2D eigenvalue weighted by Gasteiger charge is -2.42. The van der Waals surface area contributed by atoms with Crippen molar-refractivity contribution in [3.63, 3.8) is 0 Å². The van der Waals surface area contributed by atoms with Gasteiger partial charge in [0, 0.05) is 0 Å². The van der Waals surface area contributed by atoms with Gasteiger partial charge in [0.15, 0.2) is 18.7 Å². The summed E-state index contributed by atoms with van der Waals surface area (Å²) in [5, 5.41) is 117. The van der Waals surface area contributed by atoms with Crippen molar-refractivity contribution in [2.45, 2.75) is 85.8 Å². The monoisotopic (exact) mass is 578 g/mol. The third-order valence-corrected chi connectivity index (χ3v) is 6.03. The molecule has 2 saturated heterocycles. The molecule has 0 bridgehead atoms. The first-order valence-electron chi connectivity index (χ1n) is 11.6. The lowest BCUT2D eigenvalue weighted by atomic mass is 9.98. The summed E-state index contributed by atoms with van der Waals surface area (Å²) in [7, 11) is 0. The molecular weight excluding hydrogens is 544 g/mol. The van der Waals surface area contributed by atoms with E-state index in [0.29, 0.717) is 0 Å². The molecule has 0 unspecified atom stereocenters. The molecule has 0 spiro atoms. The zero-order valence-electron chi connectivity index (χ0n) is 20.1. The van der Waals surface area contributed by atoms with Crippen LogP contribution in [0.1, 0.15) is 0 Å². The lowest BCUT2D eigenvalue weighted by Crippen LogP contribution is -2.62. The summed E-state index contributed by atoms with van der Waals surface area (Å²) in [6, 6.07) is 0. The number of carbonyl (C=O) groups excluding carboxylic acids is 2. The Morgan fingerprint density at radius 1 is 0.692 bits per heavy atom. The molecule has 2 aliphatic heterocycles. The first-order valence-corrected chi connectivity index (χ1v) is 11.6. The molecule has 0 radical (unpaired) electrons. The van der Waals surface area contributed by atoms with Crippen LogP contribution in [0.15, 0.2) is 0 Å². The molecule has 2 heterocycles. The summed E-state index contributed by atoms with van der Waals surface area (Å²) in [6.45, 7) is -3.58. The van der Waals surface area contributed by atoms with Gasteiger partial charge in [-0.1, -0.05) is 0 Å². The highest BCUT2D eigenvalue weighted by molar-refractivity contribution is 5.88. The van der Waals surface area contributed by atoms with Crippen molar-refractivity contribution >= 4 is 11.9 Å². The Hall–Kier alpha value is -1.50. The van der Waals surface area contributed by atoms with Crippen LogP contribution in [0.3, 0.4) is 0 Å². The summed E-state index contributed by atoms with van der Waals surface area (Å²) in [5.41, 5.74) is 0. The highest BCUT2D eigenvalue weighted by atomic mass is 16.7. The Labute approximate surface area is 219 Å². The molecule has 2 fully saturated rings. The van der Waals surface area contributed by atoms with Gasteiger partial charge in [-0.25, -0.2) is 9.59 Å². The van der Waals surface area contributed by atoms with E-state index in [9.17, 15) is 65.8 Å². The Bertz CT molecular complexity index is 782. The van der Waals surface area contributed by atoms with Crippen molar-refractivity contribution in [1.82, 2.24) is 0 Å². The summed E-state index contributed by atoms with van der Waals surface area (Å²) in [5.74, 6) is -3.20. The molecule has 2 rings (SSSR count). The fraction of sp³-hybridized carbons (Fsp3) is 0.900. The third kappa shape index (κ3) is 8.27. The van der Waals surface area contributed by atoms with E-state index in [1.165, 1.54) is 0 Å². The van der Waals surface area contributed by atoms with Crippen molar-refractivity contribution in [2.75, 3.05) is 26.4 Å². The van der Waals surface area contributed by atoms with Crippen LogP contribution in [0.2, 0.25) is 0 Å². The van der Waals surface area contributed by atoms with Crippen LogP contribution >= 0.6 is 0 Å². The van der Waals surface area contributed by atoms with E-state index in [-0.39, 0.29) is 0 Å². The molecule has 19 heteroatoms. The second-order valence-corrected chi connectivity index (χ2v) is 8.82. The number of esters is 2. The number of rotatable bonds is 12. The second kappa shape index (κ2) is 14.9. The first-order chi connectivity index (χ1) is 18.2. The van der Waals surface area contributed by atoms with Crippen LogP contribution in [0, 0.1) is 0 Å². The zero-order chi connectivity index (χ0) is 29.6. The predicted molar refractivity (Wildman–Crippen MR) is 115 cm³/mol. The lowest BCUT2D eigenvalue weighted by molar-refractivity contribution is -0.333. The minimum Gasteiger partial charge on any atom is -0.394 e. The Morgan fingerprint density at radius 3 is 1.74 bits per heavy atom. The van der Waals surface area contributed by atoms with Gasteiger partial charge in [0.05, 0.1) is 19.8 Å². The number of aliphatic hydroxyl groups excluding tert-OH is 12. The largest absolute Gasteiger partial charge is 0.394 e. The molecular formula is C20H34O19. The van der Waals surface area contributed by atoms with Gasteiger partial charge in [0.2, 0.25) is 0 Å². The standard InChI is InChI=1S/C20H34O19/c21-1-6-10(26)13(29)16(32)20(37-6)36-4-7-11(27)14(30)17(33)19(38-7)35-3-5(23)9(25)12(28)15(31)18(34)39-8(24)2-22/h5-7,9-17,19-23,25-33H,1-4H2/t5-,6-,7-,9-,10-,11-,12+,13+,14+,15-,16-,17-,19+,20+/m1/s1. The maximum absolute atomic E-state index is 11.5. The van der Waals surface area contributed by atoms with Gasteiger partial charge in [0.25, 0.3) is 0 Å². The maximum Gasteiger partial charge on any atom is 0.345 e. The van der Waals surface area contributed by atoms with Crippen molar-refractivity contribution in [3.05, 3.63) is 0 Å². The van der Waals surface area contributed by atoms with Crippen LogP contribution < -0.4 is 0 Å². The van der Waals surface area contributed by atoms with E-state index in [2.05, 4.69) is 4.74 Å². The van der Waals surface area contributed by atoms with Crippen molar-refractivity contribution < 1.29 is 94.6 Å². The second-order valence-electron chi connectivity index (χ2n) is 8.82. The molecule has 0 aromatic rings. The minimum absolute atomic E-state index is 0.668. The summed E-state index contributed by atoms with van der Waals surface area (Å²) < 4.78 is 24.7. The van der Waals surface area contributed by atoms with Gasteiger partial charge in [-0.05, 0) is 0 Å². The van der Waals surface area contributed by atoms with Gasteiger partial charge in [-0.3, -0.25) is 0 Å². The fourth-order valence-electron chi connectivity index (χ4n) is 3.64. The fourth-order valence-corrected chi connectivity index (χ4v) is 3.64. The number of aliphatic hydroxyl groups is 12. The zero-order valence-corrected chi connectivity index (χ0v) is 20.1. The molecule has 2 aliphatic rings. The van der Waals surface area contributed by atoms with Crippen LogP contribution in [-0.4, -0.2) is 185 Å². The van der Waals surface area contributed by atoms with Crippen LogP contribution in [0.4, 0.5) is 0 Å². The average molecular weight is 578 g/mol. The van der Waals surface area contributed by atoms with E-state index in [4.69, 9.17) is 24.1 Å². The highest BCUT2D eigenvalue weighted by Gasteiger charge is 2.48. The predicted octanol–water partition coefficient (Wildman–Crippen LogP) is -8.87. The van der Waals surface area contributed by atoms with E-state index < -0.39 is 124 Å². The van der Waals surface area contributed by atoms with Gasteiger partial charge in [-0.15, -0.1) is 0 Å². The Balaban J connectivity index is 1.94. The van der Waals surface area contributed by atoms with Crippen molar-refractivity contribution in [1.29, 1.82) is 0 Å². The van der Waals surface area contributed by atoms with Gasteiger partial charge in [-0.2, -0.15) is 0 Å². The summed E-state index contributed by atoms with van der Waals surface area (Å²) in [6.07, 6.45) is -26.4.